The Morgan fingerprint density at radius 3 is 2.43 bits per heavy atom. The molecule has 3 rings (SSSR count). The van der Waals surface area contributed by atoms with Gasteiger partial charge in [0.25, 0.3) is 0 Å². The lowest BCUT2D eigenvalue weighted by molar-refractivity contribution is -0.0369. The number of hydrogen-bond acceptors (Lipinski definition) is 1. The van der Waals surface area contributed by atoms with E-state index in [0.717, 1.165) is 24.3 Å². The van der Waals surface area contributed by atoms with E-state index in [4.69, 9.17) is 0 Å². The van der Waals surface area contributed by atoms with Gasteiger partial charge in [-0.3, -0.25) is 0 Å². The molecule has 0 saturated heterocycles. The summed E-state index contributed by atoms with van der Waals surface area (Å²) < 4.78 is 0. The van der Waals surface area contributed by atoms with E-state index in [1.54, 1.807) is 5.57 Å². The van der Waals surface area contributed by atoms with Crippen LogP contribution in [0, 0.1) is 33.5 Å². The van der Waals surface area contributed by atoms with Crippen molar-refractivity contribution in [1.82, 2.24) is 0 Å². The van der Waals surface area contributed by atoms with Crippen molar-refractivity contribution in [2.24, 2.45) is 33.5 Å². The van der Waals surface area contributed by atoms with Gasteiger partial charge in [0.05, 0.1) is 6.10 Å². The molecule has 3 fully saturated rings. The van der Waals surface area contributed by atoms with Gasteiger partial charge in [-0.25, -0.2) is 0 Å². The first-order valence-electron chi connectivity index (χ1n) is 15.1. The molecule has 200 valence electrons. The Morgan fingerprint density at radius 1 is 1.09 bits per heavy atom. The van der Waals surface area contributed by atoms with Gasteiger partial charge in [-0.05, 0) is 96.0 Å². The number of fused-ring (bicyclic) bond motifs is 1. The van der Waals surface area contributed by atoms with Gasteiger partial charge >= 0.3 is 0 Å². The summed E-state index contributed by atoms with van der Waals surface area (Å²) in [5, 5.41) is 10.4. The minimum Gasteiger partial charge on any atom is -0.388 e. The number of aliphatic hydroxyl groups excluding tert-OH is 1. The highest BCUT2D eigenvalue weighted by Gasteiger charge is 2.63. The van der Waals surface area contributed by atoms with Crippen LogP contribution in [-0.4, -0.2) is 11.2 Å². The molecular weight excluding hydrogens is 424 g/mol. The second kappa shape index (κ2) is 10.9. The maximum Gasteiger partial charge on any atom is 0.0789 e. The van der Waals surface area contributed by atoms with Gasteiger partial charge < -0.3 is 5.11 Å². The van der Waals surface area contributed by atoms with Crippen LogP contribution in [0.15, 0.2) is 35.5 Å². The van der Waals surface area contributed by atoms with Gasteiger partial charge in [0.1, 0.15) is 0 Å². The lowest BCUT2D eigenvalue weighted by atomic mass is 9.48. The van der Waals surface area contributed by atoms with Gasteiger partial charge in [0.15, 0.2) is 0 Å². The first-order chi connectivity index (χ1) is 16.4. The van der Waals surface area contributed by atoms with Crippen molar-refractivity contribution in [1.29, 1.82) is 0 Å². The zero-order valence-electron chi connectivity index (χ0n) is 24.7. The third-order valence-corrected chi connectivity index (χ3v) is 12.4. The predicted octanol–water partition coefficient (Wildman–Crippen LogP) is 10.2. The SMILES string of the molecule is C=C1/C(=C\C=C2/CCC[C@@]3(C)[C@@]2(C)CC[C@]3(C)[C@@H](C)CCCCC(C)(CC)CC)C[C@@H](C)C[C@@H]1O. The van der Waals surface area contributed by atoms with Crippen molar-refractivity contribution >= 4 is 0 Å². The highest BCUT2D eigenvalue weighted by Crippen LogP contribution is 2.72. The highest BCUT2D eigenvalue weighted by molar-refractivity contribution is 5.39. The molecule has 0 unspecified atom stereocenters. The van der Waals surface area contributed by atoms with Crippen molar-refractivity contribution in [2.45, 2.75) is 145 Å². The molecule has 0 radical (unpaired) electrons. The van der Waals surface area contributed by atoms with E-state index < -0.39 is 0 Å². The highest BCUT2D eigenvalue weighted by atomic mass is 16.3. The van der Waals surface area contributed by atoms with E-state index in [1.807, 2.05) is 0 Å². The lowest BCUT2D eigenvalue weighted by Crippen LogP contribution is -2.48. The number of aliphatic hydroxyl groups is 1. The molecule has 3 aliphatic rings. The normalized spacial score (nSPS) is 39.3. The summed E-state index contributed by atoms with van der Waals surface area (Å²) in [6.07, 6.45) is 21.1. The first kappa shape index (κ1) is 28.7. The Morgan fingerprint density at radius 2 is 1.77 bits per heavy atom. The minimum atomic E-state index is -0.362. The molecule has 0 aromatic heterocycles. The molecule has 0 aromatic rings. The zero-order chi connectivity index (χ0) is 26.1. The van der Waals surface area contributed by atoms with Crippen LogP contribution in [0.2, 0.25) is 0 Å². The molecular formula is C34H58O. The van der Waals surface area contributed by atoms with Gasteiger partial charge in [0, 0.05) is 0 Å². The lowest BCUT2D eigenvalue weighted by Gasteiger charge is -2.56. The Balaban J connectivity index is 1.75. The average Bonchev–Trinajstić information content (AvgIpc) is 3.05. The Bertz CT molecular complexity index is 812. The van der Waals surface area contributed by atoms with E-state index >= 15 is 0 Å². The minimum absolute atomic E-state index is 0.286. The van der Waals surface area contributed by atoms with Crippen LogP contribution in [0.25, 0.3) is 0 Å². The summed E-state index contributed by atoms with van der Waals surface area (Å²) in [7, 11) is 0. The van der Waals surface area contributed by atoms with Crippen molar-refractivity contribution in [3.8, 4) is 0 Å². The fourth-order valence-corrected chi connectivity index (χ4v) is 8.36. The molecule has 0 amide bonds. The Kier molecular flexibility index (Phi) is 8.94. The van der Waals surface area contributed by atoms with E-state index in [-0.39, 0.29) is 11.5 Å². The molecule has 0 aliphatic heterocycles. The number of unbranched alkanes of at least 4 members (excludes halogenated alkanes) is 1. The molecule has 3 aliphatic carbocycles. The van der Waals surface area contributed by atoms with Crippen LogP contribution < -0.4 is 0 Å². The van der Waals surface area contributed by atoms with Crippen LogP contribution in [-0.2, 0) is 0 Å². The van der Waals surface area contributed by atoms with Crippen LogP contribution in [0.3, 0.4) is 0 Å². The van der Waals surface area contributed by atoms with Crippen molar-refractivity contribution in [3.63, 3.8) is 0 Å². The van der Waals surface area contributed by atoms with Crippen LogP contribution in [0.4, 0.5) is 0 Å². The molecule has 0 spiro atoms. The third-order valence-electron chi connectivity index (χ3n) is 12.4. The van der Waals surface area contributed by atoms with E-state index in [9.17, 15) is 5.11 Å². The second-order valence-corrected chi connectivity index (χ2v) is 14.1. The number of allylic oxidation sites excluding steroid dienone is 3. The van der Waals surface area contributed by atoms with Crippen molar-refractivity contribution in [2.75, 3.05) is 0 Å². The maximum atomic E-state index is 10.4. The monoisotopic (exact) mass is 482 g/mol. The van der Waals surface area contributed by atoms with Crippen molar-refractivity contribution < 1.29 is 5.11 Å². The quantitative estimate of drug-likeness (QED) is 0.324. The molecule has 35 heavy (non-hydrogen) atoms. The van der Waals surface area contributed by atoms with E-state index in [0.29, 0.717) is 22.2 Å². The fourth-order valence-electron chi connectivity index (χ4n) is 8.36. The third kappa shape index (κ3) is 5.28. The second-order valence-electron chi connectivity index (χ2n) is 14.1. The predicted molar refractivity (Wildman–Crippen MR) is 153 cm³/mol. The number of rotatable bonds is 9. The fraction of sp³-hybridized carbons (Fsp3) is 0.824. The van der Waals surface area contributed by atoms with Gasteiger partial charge in [0.2, 0.25) is 0 Å². The smallest absolute Gasteiger partial charge is 0.0789 e. The van der Waals surface area contributed by atoms with Crippen LogP contribution in [0.5, 0.6) is 0 Å². The van der Waals surface area contributed by atoms with Gasteiger partial charge in [-0.1, -0.05) is 112 Å². The maximum absolute atomic E-state index is 10.4. The standard InChI is InChI=1S/C34H58O/c1-10-31(6,11-2)19-13-12-15-26(4)32(7)21-22-33(8)29(16-14-20-34(32,33)9)18-17-28-23-25(3)24-30(35)27(28)5/h17-18,25-26,30,35H,5,10-16,19-24H2,1-4,6-9H3/b28-17-,29-18+/t25-,26+,30+,32-,33+,34-/m1/s1. The molecule has 1 heteroatoms. The van der Waals surface area contributed by atoms with E-state index in [1.165, 1.54) is 76.2 Å². The molecule has 6 atom stereocenters. The molecule has 0 bridgehead atoms. The topological polar surface area (TPSA) is 20.2 Å². The molecule has 0 heterocycles. The summed E-state index contributed by atoms with van der Waals surface area (Å²) in [6, 6.07) is 0. The summed E-state index contributed by atoms with van der Waals surface area (Å²) in [6.45, 7) is 24.2. The molecule has 3 saturated carbocycles. The average molecular weight is 483 g/mol. The summed E-state index contributed by atoms with van der Waals surface area (Å²) in [5.41, 5.74) is 5.49. The van der Waals surface area contributed by atoms with Crippen molar-refractivity contribution in [3.05, 3.63) is 35.5 Å². The first-order valence-corrected chi connectivity index (χ1v) is 15.1. The zero-order valence-corrected chi connectivity index (χ0v) is 24.7. The molecule has 0 aromatic carbocycles. The molecule has 1 N–H and O–H groups in total. The largest absolute Gasteiger partial charge is 0.388 e. The Labute approximate surface area is 218 Å². The van der Waals surface area contributed by atoms with Crippen LogP contribution >= 0.6 is 0 Å². The summed E-state index contributed by atoms with van der Waals surface area (Å²) >= 11 is 0. The molecule has 1 nitrogen and oxygen atoms in total. The number of hydrogen-bond donors (Lipinski definition) is 1. The van der Waals surface area contributed by atoms with Gasteiger partial charge in [-0.2, -0.15) is 0 Å². The Hall–Kier alpha value is -0.820. The van der Waals surface area contributed by atoms with Gasteiger partial charge in [-0.15, -0.1) is 0 Å². The summed E-state index contributed by atoms with van der Waals surface area (Å²) in [4.78, 5) is 0. The van der Waals surface area contributed by atoms with Crippen LogP contribution in [0.1, 0.15) is 139 Å². The summed E-state index contributed by atoms with van der Waals surface area (Å²) in [5.74, 6) is 1.31. The van der Waals surface area contributed by atoms with E-state index in [2.05, 4.69) is 74.1 Å².